The van der Waals surface area contributed by atoms with E-state index in [4.69, 9.17) is 9.52 Å². The summed E-state index contributed by atoms with van der Waals surface area (Å²) >= 11 is 1.45. The maximum atomic E-state index is 10.5. The molecule has 0 saturated heterocycles. The van der Waals surface area contributed by atoms with Gasteiger partial charge in [0, 0.05) is 11.8 Å². The Hall–Kier alpha value is -1.89. The van der Waals surface area contributed by atoms with Crippen molar-refractivity contribution >= 4 is 22.4 Å². The highest BCUT2D eigenvalue weighted by Gasteiger charge is 2.07. The zero-order valence-corrected chi connectivity index (χ0v) is 11.6. The number of hydrogen-bond donors (Lipinski definition) is 2. The number of aromatic nitrogens is 2. The Morgan fingerprint density at radius 1 is 1.47 bits per heavy atom. The van der Waals surface area contributed by atoms with E-state index in [0.717, 1.165) is 22.3 Å². The predicted molar refractivity (Wildman–Crippen MR) is 71.4 cm³/mol. The lowest BCUT2D eigenvalue weighted by Gasteiger charge is -1.97. The molecule has 6 nitrogen and oxygen atoms in total. The summed E-state index contributed by atoms with van der Waals surface area (Å²) in [7, 11) is 0. The number of oxazole rings is 1. The van der Waals surface area contributed by atoms with Gasteiger partial charge in [-0.25, -0.2) is 9.97 Å². The number of hydrogen-bond acceptors (Lipinski definition) is 6. The normalized spacial score (nSPS) is 10.6. The molecule has 7 heteroatoms. The third-order valence-corrected chi connectivity index (χ3v) is 3.46. The van der Waals surface area contributed by atoms with Gasteiger partial charge in [0.05, 0.1) is 24.4 Å². The van der Waals surface area contributed by atoms with Crippen molar-refractivity contribution in [2.45, 2.75) is 33.2 Å². The number of aryl methyl sites for hydroxylation is 3. The molecule has 2 rings (SSSR count). The molecule has 0 bridgehead atoms. The highest BCUT2D eigenvalue weighted by Crippen LogP contribution is 2.18. The van der Waals surface area contributed by atoms with Gasteiger partial charge in [-0.05, 0) is 13.8 Å². The summed E-state index contributed by atoms with van der Waals surface area (Å²) in [6, 6.07) is 0. The van der Waals surface area contributed by atoms with E-state index >= 15 is 0 Å². The maximum Gasteiger partial charge on any atom is 0.303 e. The van der Waals surface area contributed by atoms with Gasteiger partial charge in [0.15, 0.2) is 5.13 Å². The molecule has 0 aliphatic heterocycles. The van der Waals surface area contributed by atoms with E-state index in [1.807, 2.05) is 19.2 Å². The number of carboxylic acids is 1. The van der Waals surface area contributed by atoms with Gasteiger partial charge in [-0.15, -0.1) is 11.3 Å². The van der Waals surface area contributed by atoms with Crippen LogP contribution in [-0.4, -0.2) is 21.0 Å². The van der Waals surface area contributed by atoms with Gasteiger partial charge >= 0.3 is 5.97 Å². The van der Waals surface area contributed by atoms with E-state index in [1.165, 1.54) is 11.3 Å². The molecule has 0 aromatic carbocycles. The molecule has 2 aromatic heterocycles. The van der Waals surface area contributed by atoms with E-state index in [9.17, 15) is 4.79 Å². The lowest BCUT2D eigenvalue weighted by atomic mass is 10.2. The molecule has 2 heterocycles. The molecule has 0 unspecified atom stereocenters. The first kappa shape index (κ1) is 13.5. The van der Waals surface area contributed by atoms with Crippen LogP contribution in [0, 0.1) is 13.8 Å². The Bertz CT molecular complexity index is 557. The fraction of sp³-hybridized carbons (Fsp3) is 0.417. The molecular weight excluding hydrogens is 266 g/mol. The van der Waals surface area contributed by atoms with Crippen LogP contribution in [0.2, 0.25) is 0 Å². The number of nitrogens with zero attached hydrogens (tertiary/aromatic N) is 2. The maximum absolute atomic E-state index is 10.5. The second-order valence-corrected chi connectivity index (χ2v) is 5.00. The van der Waals surface area contributed by atoms with Gasteiger partial charge in [0.1, 0.15) is 5.76 Å². The van der Waals surface area contributed by atoms with Crippen molar-refractivity contribution in [2.75, 3.05) is 5.32 Å². The number of anilines is 1. The van der Waals surface area contributed by atoms with Crippen molar-refractivity contribution in [1.82, 2.24) is 9.97 Å². The summed E-state index contributed by atoms with van der Waals surface area (Å²) in [4.78, 5) is 19.0. The zero-order valence-electron chi connectivity index (χ0n) is 10.8. The van der Waals surface area contributed by atoms with E-state index in [0.29, 0.717) is 18.9 Å². The van der Waals surface area contributed by atoms with Gasteiger partial charge in [-0.2, -0.15) is 0 Å². The van der Waals surface area contributed by atoms with Gasteiger partial charge in [0.2, 0.25) is 5.89 Å². The first-order valence-electron chi connectivity index (χ1n) is 5.87. The van der Waals surface area contributed by atoms with Crippen LogP contribution >= 0.6 is 11.3 Å². The predicted octanol–water partition coefficient (Wildman–Crippen LogP) is 2.38. The third-order valence-electron chi connectivity index (χ3n) is 2.61. The van der Waals surface area contributed by atoms with E-state index in [-0.39, 0.29) is 6.42 Å². The number of thiazole rings is 1. The minimum absolute atomic E-state index is 0.0985. The van der Waals surface area contributed by atoms with Crippen LogP contribution in [0.1, 0.15) is 29.5 Å². The molecule has 102 valence electrons. The molecule has 0 fully saturated rings. The average Bonchev–Trinajstić information content (AvgIpc) is 2.92. The molecule has 0 atom stereocenters. The SMILES string of the molecule is Cc1nc(CNc2nc(CCC(=O)O)cs2)oc1C. The lowest BCUT2D eigenvalue weighted by Crippen LogP contribution is -2.00. The summed E-state index contributed by atoms with van der Waals surface area (Å²) in [5.74, 6) is 0.628. The van der Waals surface area contributed by atoms with E-state index < -0.39 is 5.97 Å². The molecule has 0 radical (unpaired) electrons. The minimum Gasteiger partial charge on any atom is -0.481 e. The van der Waals surface area contributed by atoms with Gasteiger partial charge in [0.25, 0.3) is 0 Å². The van der Waals surface area contributed by atoms with Crippen LogP contribution in [0.5, 0.6) is 0 Å². The third kappa shape index (κ3) is 3.78. The van der Waals surface area contributed by atoms with Crippen LogP contribution in [0.4, 0.5) is 5.13 Å². The Balaban J connectivity index is 1.87. The molecule has 0 saturated carbocycles. The van der Waals surface area contributed by atoms with Crippen LogP contribution in [0.3, 0.4) is 0 Å². The van der Waals surface area contributed by atoms with Crippen molar-refractivity contribution in [3.05, 3.63) is 28.4 Å². The summed E-state index contributed by atoms with van der Waals surface area (Å²) < 4.78 is 5.45. The monoisotopic (exact) mass is 281 g/mol. The molecule has 0 aliphatic carbocycles. The number of rotatable bonds is 6. The molecule has 2 aromatic rings. The van der Waals surface area contributed by atoms with Crippen LogP contribution in [-0.2, 0) is 17.8 Å². The zero-order chi connectivity index (χ0) is 13.8. The highest BCUT2D eigenvalue weighted by molar-refractivity contribution is 7.13. The van der Waals surface area contributed by atoms with Crippen molar-refractivity contribution in [1.29, 1.82) is 0 Å². The topological polar surface area (TPSA) is 88.2 Å². The highest BCUT2D eigenvalue weighted by atomic mass is 32.1. The summed E-state index contributed by atoms with van der Waals surface area (Å²) in [5.41, 5.74) is 1.67. The van der Waals surface area contributed by atoms with Crippen LogP contribution < -0.4 is 5.32 Å². The number of carbonyl (C=O) groups is 1. The fourth-order valence-electron chi connectivity index (χ4n) is 1.50. The summed E-state index contributed by atoms with van der Waals surface area (Å²) in [5, 5.41) is 14.3. The molecule has 0 amide bonds. The molecule has 0 aliphatic rings. The van der Waals surface area contributed by atoms with Crippen LogP contribution in [0.25, 0.3) is 0 Å². The van der Waals surface area contributed by atoms with Crippen molar-refractivity contribution < 1.29 is 14.3 Å². The van der Waals surface area contributed by atoms with Crippen molar-refractivity contribution in [3.8, 4) is 0 Å². The van der Waals surface area contributed by atoms with Gasteiger partial charge in [-0.3, -0.25) is 4.79 Å². The standard InChI is InChI=1S/C12H15N3O3S/c1-7-8(2)18-10(14-7)5-13-12-15-9(6-19-12)3-4-11(16)17/h6H,3-5H2,1-2H3,(H,13,15)(H,16,17). The largest absolute Gasteiger partial charge is 0.481 e. The smallest absolute Gasteiger partial charge is 0.303 e. The summed E-state index contributed by atoms with van der Waals surface area (Å²) in [6.45, 7) is 4.25. The van der Waals surface area contributed by atoms with Gasteiger partial charge in [-0.1, -0.05) is 0 Å². The van der Waals surface area contributed by atoms with Crippen molar-refractivity contribution in [3.63, 3.8) is 0 Å². The quantitative estimate of drug-likeness (QED) is 0.845. The minimum atomic E-state index is -0.812. The number of carboxylic acid groups (broad SMARTS) is 1. The number of aliphatic carboxylic acids is 1. The Labute approximate surface area is 114 Å². The molecule has 19 heavy (non-hydrogen) atoms. The average molecular weight is 281 g/mol. The Morgan fingerprint density at radius 3 is 2.89 bits per heavy atom. The van der Waals surface area contributed by atoms with Gasteiger partial charge < -0.3 is 14.8 Å². The number of nitrogens with one attached hydrogen (secondary N) is 1. The molecular formula is C12H15N3O3S. The van der Waals surface area contributed by atoms with E-state index in [2.05, 4.69) is 15.3 Å². The first-order valence-corrected chi connectivity index (χ1v) is 6.75. The second-order valence-electron chi connectivity index (χ2n) is 4.14. The molecule has 2 N–H and O–H groups in total. The fourth-order valence-corrected chi connectivity index (χ4v) is 2.25. The lowest BCUT2D eigenvalue weighted by molar-refractivity contribution is -0.136. The van der Waals surface area contributed by atoms with Crippen LogP contribution in [0.15, 0.2) is 9.80 Å². The Morgan fingerprint density at radius 2 is 2.26 bits per heavy atom. The summed E-state index contributed by atoms with van der Waals surface area (Å²) in [6.07, 6.45) is 0.548. The first-order chi connectivity index (χ1) is 9.04. The van der Waals surface area contributed by atoms with E-state index in [1.54, 1.807) is 0 Å². The Kier molecular flexibility index (Phi) is 4.16. The molecule has 0 spiro atoms. The van der Waals surface area contributed by atoms with Crippen molar-refractivity contribution in [2.24, 2.45) is 0 Å². The second kappa shape index (κ2) is 5.83.